The van der Waals surface area contributed by atoms with Gasteiger partial charge in [-0.1, -0.05) is 0 Å². The fourth-order valence-electron chi connectivity index (χ4n) is 0.310. The number of hydrogen-bond donors (Lipinski definition) is 0. The van der Waals surface area contributed by atoms with Crippen LogP contribution in [-0.4, -0.2) is 15.4 Å². The van der Waals surface area contributed by atoms with Gasteiger partial charge in [0.25, 0.3) is 0 Å². The highest BCUT2D eigenvalue weighted by Gasteiger charge is 1.90. The first-order valence-electron chi connectivity index (χ1n) is 2.11. The monoisotopic (exact) mass is 173 g/mol. The Bertz CT molecular complexity index is 167. The molecular formula is C4H4BrN3. The van der Waals surface area contributed by atoms with Crippen LogP contribution in [0.2, 0.25) is 0 Å². The molecule has 0 amide bonds. The first-order chi connectivity index (χ1) is 3.80. The van der Waals surface area contributed by atoms with Crippen LogP contribution in [0.4, 0.5) is 0 Å². The van der Waals surface area contributed by atoms with Crippen LogP contribution in [0.1, 0.15) is 5.56 Å². The molecule has 0 aliphatic rings. The topological polar surface area (TPSA) is 38.7 Å². The normalized spacial score (nSPS) is 9.25. The quantitative estimate of drug-likeness (QED) is 0.587. The smallest absolute Gasteiger partial charge is 0.135 e. The van der Waals surface area contributed by atoms with Crippen molar-refractivity contribution < 1.29 is 0 Å². The average Bonchev–Trinajstić information content (AvgIpc) is 1.77. The van der Waals surface area contributed by atoms with Crippen LogP contribution in [-0.2, 0) is 0 Å². The molecule has 0 saturated carbocycles. The van der Waals surface area contributed by atoms with Crippen molar-refractivity contribution >= 4 is 15.9 Å². The van der Waals surface area contributed by atoms with Gasteiger partial charge in [0.2, 0.25) is 0 Å². The van der Waals surface area contributed by atoms with E-state index in [2.05, 4.69) is 31.3 Å². The molecule has 0 N–H and O–H groups in total. The lowest BCUT2D eigenvalue weighted by Gasteiger charge is -1.87. The minimum atomic E-state index is 0.757. The van der Waals surface area contributed by atoms with E-state index in [1.165, 1.54) is 0 Å². The van der Waals surface area contributed by atoms with Crippen LogP contribution in [0, 0.1) is 6.92 Å². The Morgan fingerprint density at radius 1 is 1.62 bits per heavy atom. The first-order valence-corrected chi connectivity index (χ1v) is 2.90. The Kier molecular flexibility index (Phi) is 1.53. The van der Waals surface area contributed by atoms with Gasteiger partial charge in [-0.2, -0.15) is 0 Å². The van der Waals surface area contributed by atoms with Gasteiger partial charge in [0.1, 0.15) is 4.60 Å². The molecule has 1 aromatic heterocycles. The lowest BCUT2D eigenvalue weighted by Crippen LogP contribution is -1.87. The van der Waals surface area contributed by atoms with Gasteiger partial charge in [-0.3, -0.25) is 0 Å². The second kappa shape index (κ2) is 2.17. The summed E-state index contributed by atoms with van der Waals surface area (Å²) in [7, 11) is 0. The number of nitrogens with zero attached hydrogens (tertiary/aromatic N) is 3. The Morgan fingerprint density at radius 3 is 2.75 bits per heavy atom. The second-order valence-corrected chi connectivity index (χ2v) is 2.16. The molecule has 1 aromatic rings. The molecule has 42 valence electrons. The Labute approximate surface area is 55.3 Å². The maximum atomic E-state index is 3.63. The third kappa shape index (κ3) is 1.01. The van der Waals surface area contributed by atoms with E-state index in [1.807, 2.05) is 6.92 Å². The highest BCUT2D eigenvalue weighted by atomic mass is 79.9. The third-order valence-corrected chi connectivity index (χ3v) is 1.54. The highest BCUT2D eigenvalue weighted by Crippen LogP contribution is 2.06. The van der Waals surface area contributed by atoms with Crippen LogP contribution in [0.5, 0.6) is 0 Å². The molecule has 0 bridgehead atoms. The molecule has 0 fully saturated rings. The average molecular weight is 174 g/mol. The molecule has 0 aromatic carbocycles. The summed E-state index contributed by atoms with van der Waals surface area (Å²) in [5.41, 5.74) is 1.00. The van der Waals surface area contributed by atoms with Crippen molar-refractivity contribution in [1.82, 2.24) is 15.4 Å². The fraction of sp³-hybridized carbons (Fsp3) is 0.250. The Balaban J connectivity index is 3.13. The van der Waals surface area contributed by atoms with Gasteiger partial charge in [-0.25, -0.2) is 0 Å². The van der Waals surface area contributed by atoms with E-state index in [9.17, 15) is 0 Å². The van der Waals surface area contributed by atoms with Crippen LogP contribution >= 0.6 is 15.9 Å². The molecule has 0 aliphatic carbocycles. The zero-order valence-corrected chi connectivity index (χ0v) is 5.88. The van der Waals surface area contributed by atoms with Crippen LogP contribution in [0.25, 0.3) is 0 Å². The van der Waals surface area contributed by atoms with Gasteiger partial charge in [0, 0.05) is 5.56 Å². The molecule has 0 spiro atoms. The number of hydrogen-bond acceptors (Lipinski definition) is 3. The van der Waals surface area contributed by atoms with E-state index in [0.29, 0.717) is 0 Å². The summed E-state index contributed by atoms with van der Waals surface area (Å²) in [6, 6.07) is 0. The predicted molar refractivity (Wildman–Crippen MR) is 32.3 cm³/mol. The van der Waals surface area contributed by atoms with Crippen molar-refractivity contribution in [1.29, 1.82) is 0 Å². The van der Waals surface area contributed by atoms with Gasteiger partial charge < -0.3 is 0 Å². The van der Waals surface area contributed by atoms with Crippen LogP contribution < -0.4 is 0 Å². The summed E-state index contributed by atoms with van der Waals surface area (Å²) >= 11 is 3.18. The van der Waals surface area contributed by atoms with E-state index in [-0.39, 0.29) is 0 Å². The fourth-order valence-corrected chi connectivity index (χ4v) is 0.483. The number of aromatic nitrogens is 3. The number of aryl methyl sites for hydroxylation is 1. The molecule has 0 unspecified atom stereocenters. The summed E-state index contributed by atoms with van der Waals surface area (Å²) in [5, 5.41) is 10.6. The van der Waals surface area contributed by atoms with Crippen LogP contribution in [0.3, 0.4) is 0 Å². The van der Waals surface area contributed by atoms with Crippen molar-refractivity contribution in [3.05, 3.63) is 16.4 Å². The first kappa shape index (κ1) is 5.62. The minimum Gasteiger partial charge on any atom is -0.138 e. The molecule has 3 nitrogen and oxygen atoms in total. The molecule has 4 heteroatoms. The van der Waals surface area contributed by atoms with Crippen molar-refractivity contribution in [2.45, 2.75) is 6.92 Å². The number of halogens is 1. The number of rotatable bonds is 0. The van der Waals surface area contributed by atoms with Crippen molar-refractivity contribution in [3.63, 3.8) is 0 Å². The SMILES string of the molecule is Cc1cnnnc1Br. The third-order valence-electron chi connectivity index (χ3n) is 0.761. The Morgan fingerprint density at radius 2 is 2.38 bits per heavy atom. The molecule has 0 radical (unpaired) electrons. The molecular weight excluding hydrogens is 170 g/mol. The Hall–Kier alpha value is -0.510. The molecule has 1 rings (SSSR count). The van der Waals surface area contributed by atoms with Gasteiger partial charge >= 0.3 is 0 Å². The summed E-state index contributed by atoms with van der Waals surface area (Å²) in [6.07, 6.45) is 1.65. The molecule has 0 saturated heterocycles. The summed E-state index contributed by atoms with van der Waals surface area (Å²) in [6.45, 7) is 1.91. The van der Waals surface area contributed by atoms with E-state index >= 15 is 0 Å². The van der Waals surface area contributed by atoms with Crippen molar-refractivity contribution in [2.75, 3.05) is 0 Å². The van der Waals surface area contributed by atoms with Crippen LogP contribution in [0.15, 0.2) is 10.8 Å². The summed E-state index contributed by atoms with van der Waals surface area (Å²) in [5.74, 6) is 0. The molecule has 8 heavy (non-hydrogen) atoms. The van der Waals surface area contributed by atoms with E-state index in [0.717, 1.165) is 10.2 Å². The molecule has 0 aliphatic heterocycles. The summed E-state index contributed by atoms with van der Waals surface area (Å²) < 4.78 is 0.757. The summed E-state index contributed by atoms with van der Waals surface area (Å²) in [4.78, 5) is 0. The van der Waals surface area contributed by atoms with Crippen molar-refractivity contribution in [3.8, 4) is 0 Å². The maximum absolute atomic E-state index is 3.63. The predicted octanol–water partition coefficient (Wildman–Crippen LogP) is 0.943. The molecule has 0 atom stereocenters. The van der Waals surface area contributed by atoms with E-state index in [4.69, 9.17) is 0 Å². The second-order valence-electron chi connectivity index (χ2n) is 1.41. The van der Waals surface area contributed by atoms with Gasteiger partial charge in [0.15, 0.2) is 0 Å². The largest absolute Gasteiger partial charge is 0.138 e. The van der Waals surface area contributed by atoms with Crippen molar-refractivity contribution in [2.24, 2.45) is 0 Å². The lowest BCUT2D eigenvalue weighted by molar-refractivity contribution is 0.837. The van der Waals surface area contributed by atoms with Gasteiger partial charge in [-0.15, -0.1) is 10.2 Å². The minimum absolute atomic E-state index is 0.757. The van der Waals surface area contributed by atoms with Gasteiger partial charge in [0.05, 0.1) is 6.20 Å². The molecule has 1 heterocycles. The lowest BCUT2D eigenvalue weighted by atomic mass is 10.4. The maximum Gasteiger partial charge on any atom is 0.135 e. The highest BCUT2D eigenvalue weighted by molar-refractivity contribution is 9.10. The standard InChI is InChI=1S/C4H4BrN3/c1-3-2-6-8-7-4(3)5/h2H,1H3. The van der Waals surface area contributed by atoms with Gasteiger partial charge in [-0.05, 0) is 28.1 Å². The zero-order chi connectivity index (χ0) is 5.98. The van der Waals surface area contributed by atoms with E-state index < -0.39 is 0 Å². The van der Waals surface area contributed by atoms with E-state index in [1.54, 1.807) is 6.20 Å². The zero-order valence-electron chi connectivity index (χ0n) is 4.30.